The Kier molecular flexibility index (Phi) is 10.4. The first-order chi connectivity index (χ1) is 25.4. The van der Waals surface area contributed by atoms with Crippen LogP contribution in [0.2, 0.25) is 0 Å². The summed E-state index contributed by atoms with van der Waals surface area (Å²) in [4.78, 5) is 26.3. The topological polar surface area (TPSA) is 280 Å². The molecular formula is C37H38ClN11O5. The van der Waals surface area contributed by atoms with E-state index in [4.69, 9.17) is 38.5 Å². The van der Waals surface area contributed by atoms with Crippen LogP contribution in [-0.2, 0) is 11.8 Å². The molecule has 16 nitrogen and oxygen atoms in total. The number of aryl methyl sites for hydroxylation is 1. The van der Waals surface area contributed by atoms with Gasteiger partial charge in [-0.1, -0.05) is 12.1 Å². The molecule has 4 aromatic heterocycles. The van der Waals surface area contributed by atoms with Crippen LogP contribution in [-0.4, -0.2) is 64.7 Å². The van der Waals surface area contributed by atoms with Crippen LogP contribution < -0.4 is 51.2 Å². The maximum atomic E-state index is 11.7. The maximum absolute atomic E-state index is 11.7. The lowest BCUT2D eigenvalue weighted by Gasteiger charge is -2.16. The lowest BCUT2D eigenvalue weighted by molar-refractivity contribution is -0.617. The molecule has 1 fully saturated rings. The molecule has 4 atom stereocenters. The van der Waals surface area contributed by atoms with Gasteiger partial charge in [0.05, 0.1) is 24.0 Å². The largest absolute Gasteiger partial charge is 1.00 e. The second-order valence-electron chi connectivity index (χ2n) is 12.7. The number of anilines is 5. The number of aromatic nitrogens is 6. The molecule has 1 aliphatic heterocycles. The summed E-state index contributed by atoms with van der Waals surface area (Å²) in [6.07, 6.45) is -3.21. The molecule has 0 aliphatic carbocycles. The van der Waals surface area contributed by atoms with Crippen molar-refractivity contribution in [2.75, 3.05) is 35.3 Å². The maximum Gasteiger partial charge on any atom is 0.280 e. The summed E-state index contributed by atoms with van der Waals surface area (Å²) in [5.41, 5.74) is 35.3. The van der Waals surface area contributed by atoms with Crippen molar-refractivity contribution in [2.24, 2.45) is 7.05 Å². The normalized spacial score (nSPS) is 17.9. The number of aliphatic hydroxyl groups is 3. The summed E-state index contributed by atoms with van der Waals surface area (Å²) in [6, 6.07) is 27.6. The standard InChI is InChI=1S/C14H13N3.C13H11N3.C10H13N5O5.ClH/c1-17-13-7-11(15)4-2-9(13)6-10-3-5-12(16)8-14(10)17;14-10-3-1-8-5-9-2-4-11(15)7-13(9)16-12(8)6-10;11-10-13-7-4(8(19)14-10)12-2-15(7)9-6(18)5(17)3(1-16)20-9;/h2-8H,1H3,(H3,15,16);1-7H,14-15H2;2-3,5-6,9,16-18H,1H2,(H3,11,13,14,19);1H/t;;3-,5-,6-,9-;/m..1./s1. The van der Waals surface area contributed by atoms with E-state index in [-0.39, 0.29) is 29.5 Å². The molecule has 0 spiro atoms. The Hall–Kier alpha value is -6.30. The van der Waals surface area contributed by atoms with E-state index in [9.17, 15) is 15.0 Å². The number of pyridine rings is 2. The number of benzene rings is 4. The monoisotopic (exact) mass is 751 g/mol. The van der Waals surface area contributed by atoms with E-state index in [1.807, 2.05) is 79.8 Å². The molecule has 5 heterocycles. The number of rotatable bonds is 2. The van der Waals surface area contributed by atoms with Gasteiger partial charge in [0, 0.05) is 56.4 Å². The summed E-state index contributed by atoms with van der Waals surface area (Å²) in [7, 11) is 2.03. The Morgan fingerprint density at radius 1 is 0.741 bits per heavy atom. The third kappa shape index (κ3) is 7.19. The van der Waals surface area contributed by atoms with Crippen LogP contribution >= 0.6 is 0 Å². The van der Waals surface area contributed by atoms with Gasteiger partial charge in [0.2, 0.25) is 17.0 Å². The number of hydrogen-bond donors (Lipinski definition) is 9. The smallest absolute Gasteiger partial charge is 0.280 e. The summed E-state index contributed by atoms with van der Waals surface area (Å²) in [6.45, 7) is -0.447. The number of hydrogen-bond acceptors (Lipinski definition) is 13. The molecule has 17 heteroatoms. The number of fused-ring (bicyclic) bond motifs is 5. The zero-order valence-corrected chi connectivity index (χ0v) is 29.6. The van der Waals surface area contributed by atoms with E-state index >= 15 is 0 Å². The van der Waals surface area contributed by atoms with Crippen molar-refractivity contribution in [2.45, 2.75) is 24.5 Å². The fourth-order valence-electron chi connectivity index (χ4n) is 6.34. The summed E-state index contributed by atoms with van der Waals surface area (Å²) < 4.78 is 8.77. The van der Waals surface area contributed by atoms with Gasteiger partial charge >= 0.3 is 0 Å². The van der Waals surface area contributed by atoms with Crippen LogP contribution in [0.5, 0.6) is 0 Å². The van der Waals surface area contributed by atoms with Gasteiger partial charge in [-0.05, 0) is 60.7 Å². The highest BCUT2D eigenvalue weighted by atomic mass is 35.5. The molecule has 1 aliphatic rings. The van der Waals surface area contributed by atoms with Gasteiger partial charge < -0.3 is 61.1 Å². The van der Waals surface area contributed by atoms with Gasteiger partial charge in [0.15, 0.2) is 17.4 Å². The van der Waals surface area contributed by atoms with E-state index in [2.05, 4.69) is 36.6 Å². The van der Waals surface area contributed by atoms with Gasteiger partial charge in [-0.25, -0.2) is 9.97 Å². The summed E-state index contributed by atoms with van der Waals surface area (Å²) in [5.74, 6) is -0.101. The fraction of sp³-hybridized carbons (Fsp3) is 0.162. The van der Waals surface area contributed by atoms with Crippen molar-refractivity contribution in [3.8, 4) is 0 Å². The highest BCUT2D eigenvalue weighted by molar-refractivity contribution is 5.95. The average Bonchev–Trinajstić information content (AvgIpc) is 3.68. The van der Waals surface area contributed by atoms with E-state index in [1.165, 1.54) is 21.7 Å². The molecule has 8 aromatic rings. The number of ether oxygens (including phenoxy) is 1. The molecule has 54 heavy (non-hydrogen) atoms. The minimum absolute atomic E-state index is 0. The minimum atomic E-state index is -1.29. The van der Waals surface area contributed by atoms with Crippen molar-refractivity contribution in [1.82, 2.24) is 24.5 Å². The molecule has 0 amide bonds. The lowest BCUT2D eigenvalue weighted by Crippen LogP contribution is -3.00. The zero-order chi connectivity index (χ0) is 37.6. The number of nitrogens with zero attached hydrogens (tertiary/aromatic N) is 5. The fourth-order valence-corrected chi connectivity index (χ4v) is 6.34. The molecule has 278 valence electrons. The number of aromatic amines is 1. The van der Waals surface area contributed by atoms with Crippen LogP contribution in [0, 0.1) is 0 Å². The first-order valence-corrected chi connectivity index (χ1v) is 16.5. The Balaban J connectivity index is 0.000000138. The van der Waals surface area contributed by atoms with E-state index < -0.39 is 36.7 Å². The van der Waals surface area contributed by atoms with Gasteiger partial charge in [-0.15, -0.1) is 0 Å². The van der Waals surface area contributed by atoms with E-state index in [0.717, 1.165) is 55.6 Å². The number of nitrogens with one attached hydrogen (secondary N) is 1. The molecule has 0 bridgehead atoms. The van der Waals surface area contributed by atoms with Crippen molar-refractivity contribution < 1.29 is 37.0 Å². The zero-order valence-electron chi connectivity index (χ0n) is 28.8. The number of nitrogen functional groups attached to an aromatic ring is 5. The Bertz CT molecular complexity index is 2610. The Labute approximate surface area is 312 Å². The van der Waals surface area contributed by atoms with E-state index in [1.54, 1.807) is 0 Å². The van der Waals surface area contributed by atoms with Gasteiger partial charge in [-0.3, -0.25) is 14.3 Å². The lowest BCUT2D eigenvalue weighted by atomic mass is 10.1. The first kappa shape index (κ1) is 37.5. The average molecular weight is 752 g/mol. The molecule has 0 radical (unpaired) electrons. The molecule has 0 saturated carbocycles. The summed E-state index contributed by atoms with van der Waals surface area (Å²) >= 11 is 0. The van der Waals surface area contributed by atoms with Gasteiger partial charge in [0.25, 0.3) is 5.56 Å². The van der Waals surface area contributed by atoms with Crippen molar-refractivity contribution >= 4 is 83.5 Å². The number of halogens is 1. The highest BCUT2D eigenvalue weighted by Gasteiger charge is 2.44. The molecule has 4 aromatic carbocycles. The third-order valence-electron chi connectivity index (χ3n) is 9.05. The predicted octanol–water partition coefficient (Wildman–Crippen LogP) is -1.15. The quantitative estimate of drug-likeness (QED) is 0.0574. The number of imidazole rings is 1. The van der Waals surface area contributed by atoms with Gasteiger partial charge in [0.1, 0.15) is 25.4 Å². The van der Waals surface area contributed by atoms with Crippen LogP contribution in [0.1, 0.15) is 6.23 Å². The predicted molar refractivity (Wildman–Crippen MR) is 205 cm³/mol. The van der Waals surface area contributed by atoms with Crippen LogP contribution in [0.3, 0.4) is 0 Å². The van der Waals surface area contributed by atoms with Crippen molar-refractivity contribution in [3.63, 3.8) is 0 Å². The van der Waals surface area contributed by atoms with E-state index in [0.29, 0.717) is 0 Å². The second kappa shape index (κ2) is 15.0. The molecule has 1 saturated heterocycles. The molecular weight excluding hydrogens is 714 g/mol. The number of aliphatic hydroxyl groups excluding tert-OH is 3. The highest BCUT2D eigenvalue weighted by Crippen LogP contribution is 2.31. The van der Waals surface area contributed by atoms with Gasteiger partial charge in [-0.2, -0.15) is 9.55 Å². The Morgan fingerprint density at radius 2 is 1.24 bits per heavy atom. The van der Waals surface area contributed by atoms with Crippen LogP contribution in [0.4, 0.5) is 28.7 Å². The van der Waals surface area contributed by atoms with Crippen LogP contribution in [0.15, 0.2) is 96.1 Å². The number of H-pyrrole nitrogens is 1. The third-order valence-corrected chi connectivity index (χ3v) is 9.05. The minimum Gasteiger partial charge on any atom is -1.00 e. The molecule has 0 unspecified atom stereocenters. The second-order valence-corrected chi connectivity index (χ2v) is 12.7. The van der Waals surface area contributed by atoms with Crippen molar-refractivity contribution in [3.05, 3.63) is 102 Å². The van der Waals surface area contributed by atoms with Crippen molar-refractivity contribution in [1.29, 1.82) is 0 Å². The van der Waals surface area contributed by atoms with Crippen LogP contribution in [0.25, 0.3) is 54.8 Å². The molecule has 14 N–H and O–H groups in total. The Morgan fingerprint density at radius 3 is 1.76 bits per heavy atom. The summed E-state index contributed by atoms with van der Waals surface area (Å²) in [5, 5.41) is 33.3. The SMILES string of the molecule is C[n+]1c2cc(N)ccc2cc2ccc(N)cc21.Nc1ccc2cc3ccc(N)cc3nc2c1.Nc1nc2c(ncn2[C@@H]2O[C@H](CO)[C@@H](O)[C@H]2O)c(=O)[nH]1.[Cl-]. The number of nitrogens with two attached hydrogens (primary N) is 5. The molecule has 9 rings (SSSR count). The first-order valence-electron chi connectivity index (χ1n) is 16.5.